The summed E-state index contributed by atoms with van der Waals surface area (Å²) in [6.45, 7) is 2.90. The van der Waals surface area contributed by atoms with Gasteiger partial charge in [-0.05, 0) is 32.2 Å². The summed E-state index contributed by atoms with van der Waals surface area (Å²) in [5.41, 5.74) is 1.30. The van der Waals surface area contributed by atoms with Crippen molar-refractivity contribution in [1.29, 1.82) is 0 Å². The normalized spacial score (nSPS) is 30.1. The van der Waals surface area contributed by atoms with E-state index in [1.54, 1.807) is 0 Å². The number of piperidine rings is 1. The van der Waals surface area contributed by atoms with Gasteiger partial charge in [-0.3, -0.25) is 0 Å². The Morgan fingerprint density at radius 3 is 3.19 bits per heavy atom. The van der Waals surface area contributed by atoms with Gasteiger partial charge in [0.2, 0.25) is 0 Å². The molecule has 0 aromatic carbocycles. The molecule has 2 aliphatic heterocycles. The monoisotopic (exact) mass is 221 g/mol. The molecule has 16 heavy (non-hydrogen) atoms. The molecule has 3 heterocycles. The van der Waals surface area contributed by atoms with Crippen molar-refractivity contribution in [2.24, 2.45) is 0 Å². The fourth-order valence-electron chi connectivity index (χ4n) is 2.85. The zero-order chi connectivity index (χ0) is 11.0. The molecule has 2 atom stereocenters. The van der Waals surface area contributed by atoms with E-state index >= 15 is 0 Å². The molecule has 2 unspecified atom stereocenters. The van der Waals surface area contributed by atoms with Crippen molar-refractivity contribution in [1.82, 2.24) is 14.9 Å². The number of rotatable bonds is 1. The molecule has 1 aromatic rings. The van der Waals surface area contributed by atoms with Crippen molar-refractivity contribution in [3.8, 4) is 0 Å². The average molecular weight is 221 g/mol. The van der Waals surface area contributed by atoms with E-state index in [2.05, 4.69) is 14.9 Å². The zero-order valence-electron chi connectivity index (χ0n) is 9.52. The van der Waals surface area contributed by atoms with Crippen molar-refractivity contribution >= 4 is 0 Å². The van der Waals surface area contributed by atoms with E-state index in [1.165, 1.54) is 24.4 Å². The first kappa shape index (κ1) is 10.3. The number of aryl methyl sites for hydroxylation is 1. The molecular formula is C12H19N3O. The Morgan fingerprint density at radius 2 is 2.38 bits per heavy atom. The van der Waals surface area contributed by atoms with Crippen LogP contribution < -0.4 is 5.32 Å². The Labute approximate surface area is 95.7 Å². The number of imidazole rings is 1. The third kappa shape index (κ3) is 1.76. The highest BCUT2D eigenvalue weighted by Crippen LogP contribution is 2.26. The van der Waals surface area contributed by atoms with E-state index in [9.17, 15) is 5.11 Å². The molecule has 0 saturated carbocycles. The first-order valence-electron chi connectivity index (χ1n) is 6.27. The molecule has 88 valence electrons. The number of hydrogen-bond acceptors (Lipinski definition) is 3. The summed E-state index contributed by atoms with van der Waals surface area (Å²) >= 11 is 0. The minimum atomic E-state index is -0.183. The van der Waals surface area contributed by atoms with Crippen molar-refractivity contribution in [3.63, 3.8) is 0 Å². The number of nitrogens with zero attached hydrogens (tertiary/aromatic N) is 2. The SMILES string of the molecule is OC1CCc2cnc(C3CCCNC3)n2C1. The highest BCUT2D eigenvalue weighted by atomic mass is 16.3. The number of aliphatic hydroxyl groups is 1. The number of aliphatic hydroxyl groups excluding tert-OH is 1. The maximum absolute atomic E-state index is 9.73. The number of nitrogens with one attached hydrogen (secondary N) is 1. The smallest absolute Gasteiger partial charge is 0.113 e. The van der Waals surface area contributed by atoms with Crippen LogP contribution in [-0.2, 0) is 13.0 Å². The standard InChI is InChI=1S/C12H19N3O/c16-11-4-3-10-7-14-12(15(10)8-11)9-2-1-5-13-6-9/h7,9,11,13,16H,1-6,8H2. The van der Waals surface area contributed by atoms with Gasteiger partial charge in [0.1, 0.15) is 5.82 Å². The van der Waals surface area contributed by atoms with Gasteiger partial charge in [-0.1, -0.05) is 0 Å². The highest BCUT2D eigenvalue weighted by molar-refractivity contribution is 5.13. The second kappa shape index (κ2) is 4.18. The molecule has 4 nitrogen and oxygen atoms in total. The van der Waals surface area contributed by atoms with Gasteiger partial charge in [0.25, 0.3) is 0 Å². The minimum absolute atomic E-state index is 0.183. The van der Waals surface area contributed by atoms with Gasteiger partial charge in [0.15, 0.2) is 0 Å². The van der Waals surface area contributed by atoms with Crippen LogP contribution in [0.3, 0.4) is 0 Å². The van der Waals surface area contributed by atoms with Gasteiger partial charge >= 0.3 is 0 Å². The van der Waals surface area contributed by atoms with Gasteiger partial charge in [-0.15, -0.1) is 0 Å². The van der Waals surface area contributed by atoms with Crippen LogP contribution in [0.2, 0.25) is 0 Å². The summed E-state index contributed by atoms with van der Waals surface area (Å²) in [5, 5.41) is 13.2. The summed E-state index contributed by atoms with van der Waals surface area (Å²) in [4.78, 5) is 4.57. The fourth-order valence-corrected chi connectivity index (χ4v) is 2.85. The van der Waals surface area contributed by atoms with Gasteiger partial charge in [-0.2, -0.15) is 0 Å². The van der Waals surface area contributed by atoms with Gasteiger partial charge < -0.3 is 15.0 Å². The van der Waals surface area contributed by atoms with E-state index in [0.29, 0.717) is 5.92 Å². The summed E-state index contributed by atoms with van der Waals surface area (Å²) in [5.74, 6) is 1.72. The lowest BCUT2D eigenvalue weighted by Crippen LogP contribution is -2.32. The predicted molar refractivity (Wildman–Crippen MR) is 61.4 cm³/mol. The Balaban J connectivity index is 1.86. The van der Waals surface area contributed by atoms with Crippen molar-refractivity contribution < 1.29 is 5.11 Å². The van der Waals surface area contributed by atoms with Crippen LogP contribution in [0.5, 0.6) is 0 Å². The van der Waals surface area contributed by atoms with Crippen LogP contribution in [0, 0.1) is 0 Å². The predicted octanol–water partition coefficient (Wildman–Crippen LogP) is 0.657. The molecule has 0 aliphatic carbocycles. The quantitative estimate of drug-likeness (QED) is 0.732. The third-order valence-electron chi connectivity index (χ3n) is 3.76. The van der Waals surface area contributed by atoms with Crippen molar-refractivity contribution in [2.75, 3.05) is 13.1 Å². The van der Waals surface area contributed by atoms with E-state index in [1.807, 2.05) is 6.20 Å². The van der Waals surface area contributed by atoms with Gasteiger partial charge in [-0.25, -0.2) is 4.98 Å². The molecule has 0 spiro atoms. The lowest BCUT2D eigenvalue weighted by Gasteiger charge is -2.27. The number of hydrogen-bond donors (Lipinski definition) is 2. The number of fused-ring (bicyclic) bond motifs is 1. The van der Waals surface area contributed by atoms with Crippen LogP contribution in [0.4, 0.5) is 0 Å². The molecular weight excluding hydrogens is 202 g/mol. The Bertz CT molecular complexity index is 368. The molecule has 0 amide bonds. The van der Waals surface area contributed by atoms with Crippen LogP contribution in [-0.4, -0.2) is 33.9 Å². The van der Waals surface area contributed by atoms with Gasteiger partial charge in [0.05, 0.1) is 12.6 Å². The molecule has 2 aliphatic rings. The van der Waals surface area contributed by atoms with Crippen LogP contribution in [0.1, 0.15) is 36.7 Å². The summed E-state index contributed by atoms with van der Waals surface area (Å²) in [6, 6.07) is 0. The van der Waals surface area contributed by atoms with Crippen LogP contribution in [0.25, 0.3) is 0 Å². The molecule has 2 N–H and O–H groups in total. The summed E-state index contributed by atoms with van der Waals surface area (Å²) in [6.07, 6.45) is 6.12. The largest absolute Gasteiger partial charge is 0.391 e. The maximum atomic E-state index is 9.73. The van der Waals surface area contributed by atoms with E-state index < -0.39 is 0 Å². The molecule has 1 fully saturated rings. The first-order valence-corrected chi connectivity index (χ1v) is 6.27. The summed E-state index contributed by atoms with van der Waals surface area (Å²) in [7, 11) is 0. The molecule has 0 bridgehead atoms. The Kier molecular flexibility index (Phi) is 2.69. The third-order valence-corrected chi connectivity index (χ3v) is 3.76. The lowest BCUT2D eigenvalue weighted by molar-refractivity contribution is 0.129. The first-order chi connectivity index (χ1) is 7.84. The molecule has 0 radical (unpaired) electrons. The van der Waals surface area contributed by atoms with Crippen LogP contribution >= 0.6 is 0 Å². The highest BCUT2D eigenvalue weighted by Gasteiger charge is 2.25. The average Bonchev–Trinajstić information content (AvgIpc) is 2.73. The summed E-state index contributed by atoms with van der Waals surface area (Å²) < 4.78 is 2.24. The fraction of sp³-hybridized carbons (Fsp3) is 0.750. The lowest BCUT2D eigenvalue weighted by atomic mass is 9.98. The topological polar surface area (TPSA) is 50.1 Å². The Hall–Kier alpha value is -0.870. The van der Waals surface area contributed by atoms with E-state index in [4.69, 9.17) is 0 Å². The van der Waals surface area contributed by atoms with Gasteiger partial charge in [0, 0.05) is 24.4 Å². The zero-order valence-corrected chi connectivity index (χ0v) is 9.52. The molecule has 3 rings (SSSR count). The van der Waals surface area contributed by atoms with E-state index in [0.717, 1.165) is 32.5 Å². The van der Waals surface area contributed by atoms with Crippen molar-refractivity contribution in [2.45, 2.75) is 44.2 Å². The van der Waals surface area contributed by atoms with Crippen molar-refractivity contribution in [3.05, 3.63) is 17.7 Å². The molecule has 1 saturated heterocycles. The van der Waals surface area contributed by atoms with E-state index in [-0.39, 0.29) is 6.10 Å². The number of aromatic nitrogens is 2. The van der Waals surface area contributed by atoms with Crippen LogP contribution in [0.15, 0.2) is 6.20 Å². The Morgan fingerprint density at radius 1 is 1.44 bits per heavy atom. The second-order valence-electron chi connectivity index (χ2n) is 4.95. The minimum Gasteiger partial charge on any atom is -0.391 e. The second-order valence-corrected chi connectivity index (χ2v) is 4.95. The molecule has 4 heteroatoms. The molecule has 1 aromatic heterocycles. The maximum Gasteiger partial charge on any atom is 0.113 e.